The summed E-state index contributed by atoms with van der Waals surface area (Å²) in [7, 11) is 0. The summed E-state index contributed by atoms with van der Waals surface area (Å²) in [6, 6.07) is 2.32. The maximum atomic E-state index is 12.5. The highest BCUT2D eigenvalue weighted by Crippen LogP contribution is 2.24. The standard InChI is InChI=1S/C16H21Cl2N3O/c17-14-10-12(11-19-15(14)18)16(22)21-8-6-20(7-9-21)13-4-2-1-3-5-13/h10-11,13H,1-9H2. The molecule has 0 atom stereocenters. The number of aromatic nitrogens is 1. The molecule has 1 saturated heterocycles. The van der Waals surface area contributed by atoms with Crippen molar-refractivity contribution in [2.24, 2.45) is 0 Å². The van der Waals surface area contributed by atoms with E-state index in [1.54, 1.807) is 6.07 Å². The van der Waals surface area contributed by atoms with Crippen LogP contribution in [0.15, 0.2) is 12.3 Å². The van der Waals surface area contributed by atoms with Crippen LogP contribution in [-0.4, -0.2) is 52.9 Å². The van der Waals surface area contributed by atoms with Crippen LogP contribution in [-0.2, 0) is 0 Å². The summed E-state index contributed by atoms with van der Waals surface area (Å²) < 4.78 is 0. The van der Waals surface area contributed by atoms with Crippen LogP contribution in [0.2, 0.25) is 10.2 Å². The van der Waals surface area contributed by atoms with Gasteiger partial charge in [0, 0.05) is 38.4 Å². The fourth-order valence-electron chi connectivity index (χ4n) is 3.46. The molecule has 0 radical (unpaired) electrons. The number of hydrogen-bond donors (Lipinski definition) is 0. The van der Waals surface area contributed by atoms with Crippen LogP contribution in [0.25, 0.3) is 0 Å². The maximum Gasteiger partial charge on any atom is 0.255 e. The summed E-state index contributed by atoms with van der Waals surface area (Å²) in [5.41, 5.74) is 0.514. The number of piperazine rings is 1. The number of pyridine rings is 1. The van der Waals surface area contributed by atoms with Crippen LogP contribution in [0.3, 0.4) is 0 Å². The fourth-order valence-corrected chi connectivity index (χ4v) is 3.73. The monoisotopic (exact) mass is 341 g/mol. The van der Waals surface area contributed by atoms with Crippen molar-refractivity contribution in [2.75, 3.05) is 26.2 Å². The van der Waals surface area contributed by atoms with Crippen molar-refractivity contribution in [2.45, 2.75) is 38.1 Å². The second kappa shape index (κ2) is 7.16. The number of nitrogens with zero attached hydrogens (tertiary/aromatic N) is 3. The van der Waals surface area contributed by atoms with Gasteiger partial charge in [-0.05, 0) is 18.9 Å². The molecular weight excluding hydrogens is 321 g/mol. The van der Waals surface area contributed by atoms with Gasteiger partial charge in [0.05, 0.1) is 10.6 Å². The lowest BCUT2D eigenvalue weighted by atomic mass is 9.94. The Hall–Kier alpha value is -0.840. The quantitative estimate of drug-likeness (QED) is 0.772. The van der Waals surface area contributed by atoms with Gasteiger partial charge < -0.3 is 4.90 Å². The predicted molar refractivity (Wildman–Crippen MR) is 88.6 cm³/mol. The van der Waals surface area contributed by atoms with E-state index in [1.165, 1.54) is 38.3 Å². The molecule has 2 fully saturated rings. The molecule has 1 aromatic rings. The highest BCUT2D eigenvalue weighted by atomic mass is 35.5. The number of carbonyl (C=O) groups excluding carboxylic acids is 1. The SMILES string of the molecule is O=C(c1cnc(Cl)c(Cl)c1)N1CCN(C2CCCCC2)CC1. The van der Waals surface area contributed by atoms with Crippen molar-refractivity contribution in [3.05, 3.63) is 28.0 Å². The Bertz CT molecular complexity index is 538. The van der Waals surface area contributed by atoms with Gasteiger partial charge in [-0.1, -0.05) is 42.5 Å². The van der Waals surface area contributed by atoms with Crippen LogP contribution < -0.4 is 0 Å². The van der Waals surface area contributed by atoms with E-state index in [2.05, 4.69) is 9.88 Å². The third-order valence-electron chi connectivity index (χ3n) is 4.74. The largest absolute Gasteiger partial charge is 0.336 e. The summed E-state index contributed by atoms with van der Waals surface area (Å²) in [4.78, 5) is 20.9. The molecule has 2 heterocycles. The normalized spacial score (nSPS) is 21.1. The number of hydrogen-bond acceptors (Lipinski definition) is 3. The number of rotatable bonds is 2. The molecule has 1 aromatic heterocycles. The summed E-state index contributed by atoms with van der Waals surface area (Å²) in [5.74, 6) is -0.00522. The molecular formula is C16H21Cl2N3O. The molecule has 4 nitrogen and oxygen atoms in total. The van der Waals surface area contributed by atoms with E-state index >= 15 is 0 Å². The van der Waals surface area contributed by atoms with Crippen molar-refractivity contribution in [3.8, 4) is 0 Å². The molecule has 0 unspecified atom stereocenters. The Balaban J connectivity index is 1.58. The van der Waals surface area contributed by atoms with Gasteiger partial charge in [0.25, 0.3) is 5.91 Å². The summed E-state index contributed by atoms with van der Waals surface area (Å²) in [6.07, 6.45) is 8.19. The number of carbonyl (C=O) groups is 1. The van der Waals surface area contributed by atoms with Crippen LogP contribution in [0.4, 0.5) is 0 Å². The third-order valence-corrected chi connectivity index (χ3v) is 5.42. The third kappa shape index (κ3) is 3.55. The van der Waals surface area contributed by atoms with Crippen molar-refractivity contribution >= 4 is 29.1 Å². The molecule has 1 saturated carbocycles. The lowest BCUT2D eigenvalue weighted by Gasteiger charge is -2.40. The molecule has 1 amide bonds. The van der Waals surface area contributed by atoms with E-state index in [0.717, 1.165) is 32.2 Å². The molecule has 22 heavy (non-hydrogen) atoms. The van der Waals surface area contributed by atoms with E-state index in [1.807, 2.05) is 4.90 Å². The summed E-state index contributed by atoms with van der Waals surface area (Å²) >= 11 is 11.7. The van der Waals surface area contributed by atoms with Gasteiger partial charge in [-0.2, -0.15) is 0 Å². The van der Waals surface area contributed by atoms with Gasteiger partial charge in [0.2, 0.25) is 0 Å². The Morgan fingerprint density at radius 2 is 1.77 bits per heavy atom. The van der Waals surface area contributed by atoms with Crippen molar-refractivity contribution in [1.82, 2.24) is 14.8 Å². The zero-order chi connectivity index (χ0) is 15.5. The summed E-state index contributed by atoms with van der Waals surface area (Å²) in [6.45, 7) is 3.47. The van der Waals surface area contributed by atoms with Crippen LogP contribution in [0.5, 0.6) is 0 Å². The first-order valence-corrected chi connectivity index (χ1v) is 8.75. The predicted octanol–water partition coefficient (Wildman–Crippen LogP) is 3.48. The Morgan fingerprint density at radius 3 is 2.41 bits per heavy atom. The maximum absolute atomic E-state index is 12.5. The molecule has 120 valence electrons. The van der Waals surface area contributed by atoms with Gasteiger partial charge in [-0.25, -0.2) is 4.98 Å². The van der Waals surface area contributed by atoms with Gasteiger partial charge in [-0.15, -0.1) is 0 Å². The van der Waals surface area contributed by atoms with Crippen molar-refractivity contribution < 1.29 is 4.79 Å². The number of amides is 1. The van der Waals surface area contributed by atoms with Crippen LogP contribution in [0, 0.1) is 0 Å². The zero-order valence-corrected chi connectivity index (χ0v) is 14.1. The molecule has 0 aromatic carbocycles. The van der Waals surface area contributed by atoms with Gasteiger partial charge in [0.1, 0.15) is 5.15 Å². The van der Waals surface area contributed by atoms with E-state index in [9.17, 15) is 4.79 Å². The molecule has 1 aliphatic carbocycles. The zero-order valence-electron chi connectivity index (χ0n) is 12.6. The minimum atomic E-state index is -0.00522. The molecule has 1 aliphatic heterocycles. The Morgan fingerprint density at radius 1 is 1.09 bits per heavy atom. The minimum absolute atomic E-state index is 0.00522. The molecule has 0 N–H and O–H groups in total. The smallest absolute Gasteiger partial charge is 0.255 e. The minimum Gasteiger partial charge on any atom is -0.336 e. The van der Waals surface area contributed by atoms with Crippen LogP contribution >= 0.6 is 23.2 Å². The van der Waals surface area contributed by atoms with Gasteiger partial charge >= 0.3 is 0 Å². The van der Waals surface area contributed by atoms with E-state index in [0.29, 0.717) is 10.6 Å². The van der Waals surface area contributed by atoms with E-state index < -0.39 is 0 Å². The topological polar surface area (TPSA) is 36.4 Å². The molecule has 2 aliphatic rings. The second-order valence-corrected chi connectivity index (χ2v) is 6.88. The lowest BCUT2D eigenvalue weighted by molar-refractivity contribution is 0.0523. The highest BCUT2D eigenvalue weighted by Gasteiger charge is 2.27. The summed E-state index contributed by atoms with van der Waals surface area (Å²) in [5, 5.41) is 0.564. The second-order valence-electron chi connectivity index (χ2n) is 6.12. The fraction of sp³-hybridized carbons (Fsp3) is 0.625. The molecule has 6 heteroatoms. The van der Waals surface area contributed by atoms with E-state index in [4.69, 9.17) is 23.2 Å². The molecule has 0 bridgehead atoms. The number of halogens is 2. The lowest BCUT2D eigenvalue weighted by Crippen LogP contribution is -2.52. The van der Waals surface area contributed by atoms with Gasteiger partial charge in [0.15, 0.2) is 0 Å². The first-order chi connectivity index (χ1) is 10.6. The average molecular weight is 342 g/mol. The highest BCUT2D eigenvalue weighted by molar-refractivity contribution is 6.41. The van der Waals surface area contributed by atoms with Crippen LogP contribution in [0.1, 0.15) is 42.5 Å². The van der Waals surface area contributed by atoms with Crippen molar-refractivity contribution in [3.63, 3.8) is 0 Å². The first kappa shape index (κ1) is 16.0. The van der Waals surface area contributed by atoms with Crippen molar-refractivity contribution in [1.29, 1.82) is 0 Å². The average Bonchev–Trinajstić information content (AvgIpc) is 2.58. The Kier molecular flexibility index (Phi) is 5.21. The molecule has 3 rings (SSSR count). The van der Waals surface area contributed by atoms with E-state index in [-0.39, 0.29) is 11.1 Å². The molecule has 0 spiro atoms. The first-order valence-electron chi connectivity index (χ1n) is 7.99. The van der Waals surface area contributed by atoms with Gasteiger partial charge in [-0.3, -0.25) is 9.69 Å². The Labute approximate surface area is 141 Å².